The zero-order valence-electron chi connectivity index (χ0n) is 10.8. The van der Waals surface area contributed by atoms with Crippen molar-refractivity contribution in [2.24, 2.45) is 0 Å². The van der Waals surface area contributed by atoms with Gasteiger partial charge in [-0.3, -0.25) is 4.90 Å². The average molecular weight is 249 g/mol. The number of rotatable bonds is 4. The lowest BCUT2D eigenvalue weighted by atomic mass is 10.0. The molecular weight excluding hydrogens is 230 g/mol. The second-order valence-electron chi connectivity index (χ2n) is 4.68. The van der Waals surface area contributed by atoms with Crippen LogP contribution in [0.1, 0.15) is 41.7 Å². The summed E-state index contributed by atoms with van der Waals surface area (Å²) in [6.45, 7) is 4.35. The quantitative estimate of drug-likeness (QED) is 0.891. The molecule has 1 aliphatic rings. The molecule has 2 rings (SSSR count). The molecule has 0 aliphatic carbocycles. The highest BCUT2D eigenvalue weighted by Gasteiger charge is 2.22. The second kappa shape index (κ2) is 5.40. The number of nitrogens with zero attached hydrogens (tertiary/aromatic N) is 1. The first-order valence-electron chi connectivity index (χ1n) is 6.28. The van der Waals surface area contributed by atoms with Gasteiger partial charge in [-0.2, -0.15) is 0 Å². The Balaban J connectivity index is 2.28. The molecule has 1 aromatic carbocycles. The molecule has 0 bridgehead atoms. The third-order valence-electron chi connectivity index (χ3n) is 3.62. The van der Waals surface area contributed by atoms with Crippen molar-refractivity contribution in [2.75, 3.05) is 20.2 Å². The topological polar surface area (TPSA) is 49.8 Å². The predicted molar refractivity (Wildman–Crippen MR) is 69.2 cm³/mol. The van der Waals surface area contributed by atoms with Gasteiger partial charge in [0.2, 0.25) is 0 Å². The minimum absolute atomic E-state index is 0.268. The van der Waals surface area contributed by atoms with Crippen LogP contribution < -0.4 is 4.74 Å². The molecule has 4 nitrogen and oxygen atoms in total. The third kappa shape index (κ3) is 2.48. The zero-order chi connectivity index (χ0) is 13.1. The van der Waals surface area contributed by atoms with Crippen LogP contribution >= 0.6 is 0 Å². The molecule has 0 spiro atoms. The number of carboxylic acid groups (broad SMARTS) is 1. The van der Waals surface area contributed by atoms with Gasteiger partial charge in [0.05, 0.1) is 12.7 Å². The molecule has 1 N–H and O–H groups in total. The highest BCUT2D eigenvalue weighted by molar-refractivity contribution is 5.88. The summed E-state index contributed by atoms with van der Waals surface area (Å²) in [7, 11) is 1.58. The monoisotopic (exact) mass is 249 g/mol. The fraction of sp³-hybridized carbons (Fsp3) is 0.500. The molecule has 0 amide bonds. The highest BCUT2D eigenvalue weighted by atomic mass is 16.5. The number of hydrogen-bond donors (Lipinski definition) is 1. The molecule has 18 heavy (non-hydrogen) atoms. The Bertz CT molecular complexity index is 439. The number of carbonyl (C=O) groups is 1. The number of benzene rings is 1. The van der Waals surface area contributed by atoms with E-state index in [1.165, 1.54) is 12.8 Å². The van der Waals surface area contributed by atoms with Crippen LogP contribution in [0.25, 0.3) is 0 Å². The molecule has 1 saturated heterocycles. The highest BCUT2D eigenvalue weighted by Crippen LogP contribution is 2.32. The van der Waals surface area contributed by atoms with E-state index in [9.17, 15) is 4.79 Å². The van der Waals surface area contributed by atoms with Crippen molar-refractivity contribution in [2.45, 2.75) is 25.8 Å². The van der Waals surface area contributed by atoms with Gasteiger partial charge in [-0.15, -0.1) is 0 Å². The van der Waals surface area contributed by atoms with E-state index in [4.69, 9.17) is 9.84 Å². The molecular formula is C14H19NO3. The first-order valence-corrected chi connectivity index (χ1v) is 6.28. The molecule has 0 aromatic heterocycles. The van der Waals surface area contributed by atoms with Crippen molar-refractivity contribution < 1.29 is 14.6 Å². The van der Waals surface area contributed by atoms with Gasteiger partial charge in [0.25, 0.3) is 0 Å². The maximum absolute atomic E-state index is 10.9. The Labute approximate surface area is 107 Å². The number of methoxy groups -OCH3 is 1. The van der Waals surface area contributed by atoms with Crippen molar-refractivity contribution in [3.05, 3.63) is 29.3 Å². The molecule has 98 valence electrons. The van der Waals surface area contributed by atoms with E-state index < -0.39 is 5.97 Å². The van der Waals surface area contributed by atoms with Gasteiger partial charge in [-0.05, 0) is 45.0 Å². The summed E-state index contributed by atoms with van der Waals surface area (Å²) in [5.74, 6) is -0.261. The molecule has 1 aliphatic heterocycles. The Kier molecular flexibility index (Phi) is 3.87. The van der Waals surface area contributed by atoms with Crippen molar-refractivity contribution >= 4 is 5.97 Å². The Hall–Kier alpha value is -1.55. The Morgan fingerprint density at radius 2 is 2.06 bits per heavy atom. The average Bonchev–Trinajstić information content (AvgIpc) is 2.90. The van der Waals surface area contributed by atoms with Crippen LogP contribution in [0.15, 0.2) is 18.2 Å². The normalized spacial score (nSPS) is 17.7. The number of hydrogen-bond acceptors (Lipinski definition) is 3. The van der Waals surface area contributed by atoms with Crippen LogP contribution in [0.2, 0.25) is 0 Å². The van der Waals surface area contributed by atoms with Gasteiger partial charge in [0, 0.05) is 11.6 Å². The molecule has 0 radical (unpaired) electrons. The molecule has 1 heterocycles. The van der Waals surface area contributed by atoms with Crippen LogP contribution in [0.5, 0.6) is 5.75 Å². The lowest BCUT2D eigenvalue weighted by Gasteiger charge is -2.25. The van der Waals surface area contributed by atoms with Gasteiger partial charge >= 0.3 is 5.97 Å². The first-order chi connectivity index (χ1) is 8.63. The van der Waals surface area contributed by atoms with Gasteiger partial charge in [0.1, 0.15) is 5.75 Å². The SMILES string of the molecule is COc1cc(C(=O)O)ccc1C(C)N1CCCC1. The smallest absolute Gasteiger partial charge is 0.335 e. The largest absolute Gasteiger partial charge is 0.496 e. The molecule has 1 fully saturated rings. The summed E-state index contributed by atoms with van der Waals surface area (Å²) in [6, 6.07) is 5.38. The van der Waals surface area contributed by atoms with Crippen LogP contribution in [0.3, 0.4) is 0 Å². The van der Waals surface area contributed by atoms with Crippen molar-refractivity contribution in [3.8, 4) is 5.75 Å². The van der Waals surface area contributed by atoms with Crippen molar-refractivity contribution in [1.29, 1.82) is 0 Å². The van der Waals surface area contributed by atoms with E-state index in [1.54, 1.807) is 19.2 Å². The maximum atomic E-state index is 10.9. The van der Waals surface area contributed by atoms with Crippen LogP contribution in [0, 0.1) is 0 Å². The summed E-state index contributed by atoms with van der Waals surface area (Å²) in [5.41, 5.74) is 1.33. The summed E-state index contributed by atoms with van der Waals surface area (Å²) in [5, 5.41) is 8.98. The van der Waals surface area contributed by atoms with Gasteiger partial charge in [-0.25, -0.2) is 4.79 Å². The van der Waals surface area contributed by atoms with Crippen LogP contribution in [-0.2, 0) is 0 Å². The van der Waals surface area contributed by atoms with E-state index >= 15 is 0 Å². The number of likely N-dealkylation sites (tertiary alicyclic amines) is 1. The minimum Gasteiger partial charge on any atom is -0.496 e. The van der Waals surface area contributed by atoms with Crippen LogP contribution in [-0.4, -0.2) is 36.2 Å². The Morgan fingerprint density at radius 3 is 2.61 bits per heavy atom. The fourth-order valence-corrected chi connectivity index (χ4v) is 2.51. The molecule has 4 heteroatoms. The molecule has 0 saturated carbocycles. The van der Waals surface area contributed by atoms with E-state index in [0.29, 0.717) is 5.75 Å². The Morgan fingerprint density at radius 1 is 1.39 bits per heavy atom. The van der Waals surface area contributed by atoms with Gasteiger partial charge in [0.15, 0.2) is 0 Å². The fourth-order valence-electron chi connectivity index (χ4n) is 2.51. The van der Waals surface area contributed by atoms with Crippen molar-refractivity contribution in [1.82, 2.24) is 4.90 Å². The number of ether oxygens (including phenoxy) is 1. The van der Waals surface area contributed by atoms with E-state index in [2.05, 4.69) is 11.8 Å². The second-order valence-corrected chi connectivity index (χ2v) is 4.68. The maximum Gasteiger partial charge on any atom is 0.335 e. The van der Waals surface area contributed by atoms with Gasteiger partial charge < -0.3 is 9.84 Å². The lowest BCUT2D eigenvalue weighted by molar-refractivity contribution is 0.0696. The van der Waals surface area contributed by atoms with Crippen molar-refractivity contribution in [3.63, 3.8) is 0 Å². The van der Waals surface area contributed by atoms with Gasteiger partial charge in [-0.1, -0.05) is 6.07 Å². The zero-order valence-corrected chi connectivity index (χ0v) is 10.8. The van der Waals surface area contributed by atoms with E-state index in [1.807, 2.05) is 6.07 Å². The summed E-state index contributed by atoms with van der Waals surface area (Å²) in [4.78, 5) is 13.3. The third-order valence-corrected chi connectivity index (χ3v) is 3.62. The summed E-state index contributed by atoms with van der Waals surface area (Å²) >= 11 is 0. The predicted octanol–water partition coefficient (Wildman–Crippen LogP) is 2.55. The van der Waals surface area contributed by atoms with E-state index in [0.717, 1.165) is 18.7 Å². The molecule has 1 unspecified atom stereocenters. The lowest BCUT2D eigenvalue weighted by Crippen LogP contribution is -2.23. The number of aromatic carboxylic acids is 1. The molecule has 1 atom stereocenters. The van der Waals surface area contributed by atoms with Crippen LogP contribution in [0.4, 0.5) is 0 Å². The standard InChI is InChI=1S/C14H19NO3/c1-10(15-7-3-4-8-15)12-6-5-11(14(16)17)9-13(12)18-2/h5-6,9-10H,3-4,7-8H2,1-2H3,(H,16,17). The first kappa shape index (κ1) is 12.9. The van der Waals surface area contributed by atoms with E-state index in [-0.39, 0.29) is 11.6 Å². The molecule has 1 aromatic rings. The number of carboxylic acids is 1. The summed E-state index contributed by atoms with van der Waals surface area (Å²) < 4.78 is 5.33. The summed E-state index contributed by atoms with van der Waals surface area (Å²) in [6.07, 6.45) is 2.47. The minimum atomic E-state index is -0.923.